The van der Waals surface area contributed by atoms with Gasteiger partial charge in [-0.15, -0.1) is 0 Å². The van der Waals surface area contributed by atoms with Gasteiger partial charge < -0.3 is 9.80 Å². The van der Waals surface area contributed by atoms with Crippen molar-refractivity contribution in [3.05, 3.63) is 76.8 Å². The lowest BCUT2D eigenvalue weighted by atomic mass is 9.89. The van der Waals surface area contributed by atoms with Gasteiger partial charge in [0.25, 0.3) is 0 Å². The third-order valence-corrected chi connectivity index (χ3v) is 8.59. The largest absolute Gasteiger partial charge is 0.368 e. The van der Waals surface area contributed by atoms with Gasteiger partial charge >= 0.3 is 0 Å². The molecular weight excluding hydrogens is 494 g/mol. The molecule has 3 aromatic rings. The minimum absolute atomic E-state index is 0.328. The molecule has 1 saturated heterocycles. The third-order valence-electron chi connectivity index (χ3n) is 8.59. The highest BCUT2D eigenvalue weighted by Crippen LogP contribution is 2.30. The maximum Gasteiger partial charge on any atom is 0.222 e. The van der Waals surface area contributed by atoms with E-state index in [4.69, 9.17) is 10.5 Å². The Morgan fingerprint density at radius 2 is 1.45 bits per heavy atom. The first-order chi connectivity index (χ1) is 19.6. The molecule has 6 heteroatoms. The topological polar surface area (TPSA) is 65.2 Å². The van der Waals surface area contributed by atoms with Gasteiger partial charge in [0.2, 0.25) is 5.91 Å². The van der Waals surface area contributed by atoms with Crippen molar-refractivity contribution in [3.8, 4) is 11.3 Å². The predicted molar refractivity (Wildman–Crippen MR) is 162 cm³/mol. The van der Waals surface area contributed by atoms with Crippen molar-refractivity contribution in [2.45, 2.75) is 84.1 Å². The lowest BCUT2D eigenvalue weighted by Gasteiger charge is -2.36. The first kappa shape index (κ1) is 28.1. The molecule has 0 radical (unpaired) electrons. The molecule has 0 bridgehead atoms. The lowest BCUT2D eigenvalue weighted by molar-refractivity contribution is -0.131. The summed E-state index contributed by atoms with van der Waals surface area (Å²) < 4.78 is 1.89. The summed E-state index contributed by atoms with van der Waals surface area (Å²) in [7, 11) is 0. The molecule has 2 aromatic carbocycles. The smallest absolute Gasteiger partial charge is 0.222 e. The lowest BCUT2D eigenvalue weighted by Crippen LogP contribution is -2.48. The maximum absolute atomic E-state index is 12.7. The highest BCUT2D eigenvalue weighted by molar-refractivity contribution is 5.76. The highest BCUT2D eigenvalue weighted by atomic mass is 16.2. The van der Waals surface area contributed by atoms with Gasteiger partial charge in [-0.2, -0.15) is 5.10 Å². The zero-order valence-corrected chi connectivity index (χ0v) is 24.2. The first-order valence-corrected chi connectivity index (χ1v) is 15.4. The molecule has 1 amide bonds. The van der Waals surface area contributed by atoms with E-state index in [-0.39, 0.29) is 0 Å². The Kier molecular flexibility index (Phi) is 9.69. The fourth-order valence-corrected chi connectivity index (χ4v) is 6.10. The number of carbonyl (C=O) groups is 1. The Labute approximate surface area is 239 Å². The van der Waals surface area contributed by atoms with Gasteiger partial charge in [-0.05, 0) is 61.9 Å². The number of hydrogen-bond donors (Lipinski definition) is 1. The minimum Gasteiger partial charge on any atom is -0.368 e. The van der Waals surface area contributed by atoms with Gasteiger partial charge in [-0.25, -0.2) is 4.68 Å². The summed E-state index contributed by atoms with van der Waals surface area (Å²) in [5.41, 5.74) is 7.96. The fraction of sp³-hybridized carbons (Fsp3) is 0.500. The van der Waals surface area contributed by atoms with Gasteiger partial charge in [0.15, 0.2) is 0 Å². The van der Waals surface area contributed by atoms with Crippen LogP contribution >= 0.6 is 0 Å². The number of nitrogens with zero attached hydrogens (tertiary/aromatic N) is 4. The summed E-state index contributed by atoms with van der Waals surface area (Å²) in [5.74, 6) is 0.328. The van der Waals surface area contributed by atoms with Crippen LogP contribution in [0, 0.1) is 12.3 Å². The van der Waals surface area contributed by atoms with Crippen molar-refractivity contribution in [2.75, 3.05) is 31.1 Å². The Balaban J connectivity index is 0.917. The van der Waals surface area contributed by atoms with Crippen molar-refractivity contribution < 1.29 is 4.79 Å². The highest BCUT2D eigenvalue weighted by Gasteiger charge is 2.21. The number of carbonyl (C=O) groups excluding carboxylic acids is 1. The van der Waals surface area contributed by atoms with E-state index in [1.54, 1.807) is 0 Å². The van der Waals surface area contributed by atoms with Crippen molar-refractivity contribution >= 4 is 11.6 Å². The third kappa shape index (κ3) is 7.21. The molecule has 0 unspecified atom stereocenters. The number of nitrogens with one attached hydrogen (secondary N) is 1. The second-order valence-corrected chi connectivity index (χ2v) is 11.6. The standard InChI is InChI=1S/C34H45N5O/c1-27-15-19-30(20-16-27)37-22-24-38(25-23-37)33(40)14-8-6-4-2-3-5-7-11-21-39-32(35)26-29-18-17-28-12-9-10-13-31(28)34(29)36-39/h9-10,12-13,15-16,19-20,26,35H,2-8,11,14,17-18,21-25H2,1H3. The molecule has 212 valence electrons. The van der Waals surface area contributed by atoms with Crippen molar-refractivity contribution in [2.24, 2.45) is 0 Å². The molecule has 40 heavy (non-hydrogen) atoms. The summed E-state index contributed by atoms with van der Waals surface area (Å²) in [6.45, 7) is 6.45. The number of anilines is 1. The van der Waals surface area contributed by atoms with Gasteiger partial charge in [0.05, 0.1) is 5.69 Å². The van der Waals surface area contributed by atoms with E-state index >= 15 is 0 Å². The van der Waals surface area contributed by atoms with Crippen LogP contribution in [0.5, 0.6) is 0 Å². The average Bonchev–Trinajstić information content (AvgIpc) is 2.98. The zero-order valence-electron chi connectivity index (χ0n) is 24.2. The molecule has 0 atom stereocenters. The van der Waals surface area contributed by atoms with Crippen LogP contribution in [0.1, 0.15) is 74.5 Å². The fourth-order valence-electron chi connectivity index (χ4n) is 6.10. The predicted octanol–water partition coefficient (Wildman–Crippen LogP) is 6.30. The minimum atomic E-state index is 0.328. The quantitative estimate of drug-likeness (QED) is 0.275. The molecule has 1 aromatic heterocycles. The van der Waals surface area contributed by atoms with E-state index < -0.39 is 0 Å². The van der Waals surface area contributed by atoms with Crippen LogP contribution in [0.25, 0.3) is 11.3 Å². The number of piperazine rings is 1. The zero-order chi connectivity index (χ0) is 27.7. The number of aryl methyl sites for hydroxylation is 4. The Bertz CT molecular complexity index is 1320. The van der Waals surface area contributed by atoms with Crippen LogP contribution in [0.3, 0.4) is 0 Å². The van der Waals surface area contributed by atoms with Crippen LogP contribution in [-0.2, 0) is 24.2 Å². The number of hydrogen-bond acceptors (Lipinski definition) is 4. The number of rotatable bonds is 12. The van der Waals surface area contributed by atoms with Crippen LogP contribution in [0.4, 0.5) is 5.69 Å². The first-order valence-electron chi connectivity index (χ1n) is 15.4. The monoisotopic (exact) mass is 539 g/mol. The second-order valence-electron chi connectivity index (χ2n) is 11.6. The molecule has 2 heterocycles. The van der Waals surface area contributed by atoms with E-state index in [9.17, 15) is 4.79 Å². The van der Waals surface area contributed by atoms with Gasteiger partial charge in [-0.1, -0.05) is 80.5 Å². The summed E-state index contributed by atoms with van der Waals surface area (Å²) in [6.07, 6.45) is 12.0. The van der Waals surface area contributed by atoms with E-state index in [0.717, 1.165) is 70.5 Å². The van der Waals surface area contributed by atoms with Crippen LogP contribution in [0.2, 0.25) is 0 Å². The van der Waals surface area contributed by atoms with Gasteiger partial charge in [0.1, 0.15) is 5.49 Å². The molecule has 0 saturated carbocycles. The van der Waals surface area contributed by atoms with Crippen LogP contribution in [-0.4, -0.2) is 46.8 Å². The summed E-state index contributed by atoms with van der Waals surface area (Å²) in [4.78, 5) is 17.1. The van der Waals surface area contributed by atoms with E-state index in [0.29, 0.717) is 17.8 Å². The Morgan fingerprint density at radius 3 is 2.20 bits per heavy atom. The summed E-state index contributed by atoms with van der Waals surface area (Å²) in [6, 6.07) is 19.3. The van der Waals surface area contributed by atoms with E-state index in [1.807, 2.05) is 10.7 Å². The van der Waals surface area contributed by atoms with E-state index in [1.165, 1.54) is 60.0 Å². The SMILES string of the molecule is Cc1ccc(N2CCN(C(=O)CCCCCCCCCCn3nc4c(cc3=N)CCc3ccccc3-4)CC2)cc1. The molecule has 5 rings (SSSR count). The molecule has 2 aliphatic rings. The number of benzene rings is 2. The maximum atomic E-state index is 12.7. The van der Waals surface area contributed by atoms with Crippen molar-refractivity contribution in [3.63, 3.8) is 0 Å². The molecule has 1 aliphatic heterocycles. The summed E-state index contributed by atoms with van der Waals surface area (Å²) in [5, 5.41) is 13.3. The summed E-state index contributed by atoms with van der Waals surface area (Å²) >= 11 is 0. The van der Waals surface area contributed by atoms with Crippen LogP contribution in [0.15, 0.2) is 54.6 Å². The molecule has 0 spiro atoms. The molecule has 1 aliphatic carbocycles. The number of fused-ring (bicyclic) bond motifs is 3. The van der Waals surface area contributed by atoms with Gasteiger partial charge in [-0.3, -0.25) is 10.2 Å². The number of unbranched alkanes of at least 4 members (excludes halogenated alkanes) is 7. The molecule has 1 fully saturated rings. The Hall–Kier alpha value is -3.41. The molecule has 6 nitrogen and oxygen atoms in total. The van der Waals surface area contributed by atoms with Gasteiger partial charge in [0, 0.05) is 50.4 Å². The van der Waals surface area contributed by atoms with E-state index in [2.05, 4.69) is 65.3 Å². The number of amides is 1. The average molecular weight is 540 g/mol. The molecular formula is C34H45N5O. The van der Waals surface area contributed by atoms with Crippen molar-refractivity contribution in [1.82, 2.24) is 14.7 Å². The van der Waals surface area contributed by atoms with Crippen molar-refractivity contribution in [1.29, 1.82) is 5.41 Å². The molecule has 1 N–H and O–H groups in total. The van der Waals surface area contributed by atoms with Crippen LogP contribution < -0.4 is 10.4 Å². The normalized spacial score (nSPS) is 14.6. The number of aromatic nitrogens is 2. The second kappa shape index (κ2) is 13.8. The Morgan fingerprint density at radius 1 is 0.800 bits per heavy atom.